The summed E-state index contributed by atoms with van der Waals surface area (Å²) in [6, 6.07) is 16.2. The van der Waals surface area contributed by atoms with Crippen molar-refractivity contribution in [3.63, 3.8) is 0 Å². The summed E-state index contributed by atoms with van der Waals surface area (Å²) >= 11 is 0. The van der Waals surface area contributed by atoms with Crippen molar-refractivity contribution in [2.45, 2.75) is 11.8 Å². The minimum Gasteiger partial charge on any atom is -0.481 e. The summed E-state index contributed by atoms with van der Waals surface area (Å²) in [5, 5.41) is 9.87. The maximum absolute atomic E-state index is 12.7. The molecule has 0 bridgehead atoms. The third kappa shape index (κ3) is 3.18. The topological polar surface area (TPSA) is 89.9 Å². The van der Waals surface area contributed by atoms with Crippen molar-refractivity contribution < 1.29 is 29.0 Å². The number of esters is 2. The number of carboxylic acid groups (broad SMARTS) is 1. The van der Waals surface area contributed by atoms with E-state index in [0.29, 0.717) is 11.1 Å². The van der Waals surface area contributed by atoms with E-state index in [1.807, 2.05) is 30.3 Å². The molecular weight excluding hydrogens is 348 g/mol. The van der Waals surface area contributed by atoms with Crippen LogP contribution in [0.4, 0.5) is 0 Å². The molecule has 1 aliphatic rings. The Morgan fingerprint density at radius 3 is 1.85 bits per heavy atom. The lowest BCUT2D eigenvalue weighted by atomic mass is 9.62. The van der Waals surface area contributed by atoms with Gasteiger partial charge in [0, 0.05) is 5.92 Å². The minimum atomic E-state index is -1.20. The molecule has 1 aliphatic carbocycles. The van der Waals surface area contributed by atoms with Gasteiger partial charge < -0.3 is 14.6 Å². The van der Waals surface area contributed by atoms with E-state index in [2.05, 4.69) is 0 Å². The van der Waals surface area contributed by atoms with Gasteiger partial charge in [0.2, 0.25) is 0 Å². The zero-order valence-electron chi connectivity index (χ0n) is 15.0. The number of carbonyl (C=O) groups is 3. The van der Waals surface area contributed by atoms with E-state index in [1.54, 1.807) is 24.3 Å². The molecule has 0 unspecified atom stereocenters. The zero-order chi connectivity index (χ0) is 19.6. The Bertz CT molecular complexity index is 860. The molecule has 0 saturated carbocycles. The van der Waals surface area contributed by atoms with Gasteiger partial charge in [-0.05, 0) is 16.7 Å². The fourth-order valence-corrected chi connectivity index (χ4v) is 4.05. The van der Waals surface area contributed by atoms with Crippen molar-refractivity contribution in [3.05, 3.63) is 71.3 Å². The summed E-state index contributed by atoms with van der Waals surface area (Å²) in [5.41, 5.74) is 2.01. The van der Waals surface area contributed by atoms with Crippen LogP contribution in [0.5, 0.6) is 0 Å². The normalized spacial score (nSPS) is 23.8. The van der Waals surface area contributed by atoms with Crippen molar-refractivity contribution in [2.24, 2.45) is 11.8 Å². The van der Waals surface area contributed by atoms with Crippen molar-refractivity contribution >= 4 is 17.9 Å². The first-order chi connectivity index (χ1) is 13.0. The molecule has 0 saturated heterocycles. The lowest BCUT2D eigenvalue weighted by Crippen LogP contribution is -2.45. The fourth-order valence-electron chi connectivity index (χ4n) is 4.05. The molecule has 2 aromatic rings. The van der Waals surface area contributed by atoms with E-state index in [-0.39, 0.29) is 0 Å². The van der Waals surface area contributed by atoms with Gasteiger partial charge in [-0.25, -0.2) is 0 Å². The molecule has 0 amide bonds. The monoisotopic (exact) mass is 368 g/mol. The average molecular weight is 368 g/mol. The summed E-state index contributed by atoms with van der Waals surface area (Å²) in [4.78, 5) is 37.4. The molecule has 0 spiro atoms. The molecule has 2 aromatic carbocycles. The maximum Gasteiger partial charge on any atom is 0.311 e. The summed E-state index contributed by atoms with van der Waals surface area (Å²) in [5.74, 6) is -6.49. The summed E-state index contributed by atoms with van der Waals surface area (Å²) in [7, 11) is 2.42. The van der Waals surface area contributed by atoms with Crippen LogP contribution < -0.4 is 0 Å². The minimum absolute atomic E-state index is 0.509. The van der Waals surface area contributed by atoms with E-state index in [1.165, 1.54) is 14.2 Å². The number of rotatable bonds is 4. The Labute approximate surface area is 156 Å². The van der Waals surface area contributed by atoms with Crippen LogP contribution in [-0.2, 0) is 23.9 Å². The van der Waals surface area contributed by atoms with Gasteiger partial charge in [-0.15, -0.1) is 0 Å². The summed E-state index contributed by atoms with van der Waals surface area (Å²) < 4.78 is 9.85. The Kier molecular flexibility index (Phi) is 5.26. The Hall–Kier alpha value is -3.15. The maximum atomic E-state index is 12.7. The van der Waals surface area contributed by atoms with Gasteiger partial charge in [0.1, 0.15) is 0 Å². The van der Waals surface area contributed by atoms with Crippen molar-refractivity contribution in [3.8, 4) is 0 Å². The quantitative estimate of drug-likeness (QED) is 0.835. The highest BCUT2D eigenvalue weighted by Gasteiger charge is 2.53. The van der Waals surface area contributed by atoms with Crippen LogP contribution in [0.1, 0.15) is 28.5 Å². The van der Waals surface area contributed by atoms with Crippen LogP contribution in [-0.4, -0.2) is 37.2 Å². The van der Waals surface area contributed by atoms with Crippen molar-refractivity contribution in [1.82, 2.24) is 0 Å². The van der Waals surface area contributed by atoms with Gasteiger partial charge in [0.05, 0.1) is 32.0 Å². The fraction of sp³-hybridized carbons (Fsp3) is 0.286. The molecule has 27 heavy (non-hydrogen) atoms. The number of fused-ring (bicyclic) bond motifs is 1. The van der Waals surface area contributed by atoms with E-state index in [0.717, 1.165) is 5.56 Å². The van der Waals surface area contributed by atoms with E-state index < -0.39 is 41.6 Å². The van der Waals surface area contributed by atoms with Gasteiger partial charge in [-0.1, -0.05) is 54.6 Å². The highest BCUT2D eigenvalue weighted by molar-refractivity contribution is 5.92. The third-order valence-corrected chi connectivity index (χ3v) is 5.14. The highest BCUT2D eigenvalue weighted by Crippen LogP contribution is 2.50. The van der Waals surface area contributed by atoms with Crippen LogP contribution >= 0.6 is 0 Å². The molecule has 0 radical (unpaired) electrons. The van der Waals surface area contributed by atoms with E-state index >= 15 is 0 Å². The molecule has 0 aliphatic heterocycles. The molecular formula is C21H20O6. The Balaban J connectivity index is 2.32. The number of methoxy groups -OCH3 is 2. The second-order valence-corrected chi connectivity index (χ2v) is 6.43. The number of ether oxygens (including phenoxy) is 2. The second-order valence-electron chi connectivity index (χ2n) is 6.43. The molecule has 0 aromatic heterocycles. The summed E-state index contributed by atoms with van der Waals surface area (Å²) in [6.07, 6.45) is 0. The van der Waals surface area contributed by atoms with Crippen LogP contribution in [0, 0.1) is 11.8 Å². The first-order valence-corrected chi connectivity index (χ1v) is 8.53. The predicted octanol–water partition coefficient (Wildman–Crippen LogP) is 2.58. The van der Waals surface area contributed by atoms with Crippen molar-refractivity contribution in [2.75, 3.05) is 14.2 Å². The molecule has 6 heteroatoms. The number of benzene rings is 2. The molecule has 4 atom stereocenters. The van der Waals surface area contributed by atoms with E-state index in [9.17, 15) is 19.5 Å². The molecule has 1 N–H and O–H groups in total. The van der Waals surface area contributed by atoms with Crippen LogP contribution in [0.15, 0.2) is 54.6 Å². The lowest BCUT2D eigenvalue weighted by molar-refractivity contribution is -0.163. The van der Waals surface area contributed by atoms with Crippen LogP contribution in [0.3, 0.4) is 0 Å². The van der Waals surface area contributed by atoms with Gasteiger partial charge in [0.15, 0.2) is 0 Å². The predicted molar refractivity (Wildman–Crippen MR) is 96.1 cm³/mol. The second kappa shape index (κ2) is 7.61. The van der Waals surface area contributed by atoms with Crippen molar-refractivity contribution in [1.29, 1.82) is 0 Å². The number of hydrogen-bond donors (Lipinski definition) is 1. The number of hydrogen-bond acceptors (Lipinski definition) is 5. The average Bonchev–Trinajstić information content (AvgIpc) is 2.71. The molecule has 0 heterocycles. The van der Waals surface area contributed by atoms with Gasteiger partial charge in [-0.2, -0.15) is 0 Å². The first-order valence-electron chi connectivity index (χ1n) is 8.53. The SMILES string of the molecule is COC(=O)[C@@H]1[C@H](c2ccccc2)c2ccccc2[C@@H](C(=O)O)[C@@H]1C(=O)OC. The largest absolute Gasteiger partial charge is 0.481 e. The first kappa shape index (κ1) is 18.6. The van der Waals surface area contributed by atoms with Gasteiger partial charge in [0.25, 0.3) is 0 Å². The third-order valence-electron chi connectivity index (χ3n) is 5.14. The molecule has 3 rings (SSSR count). The van der Waals surface area contributed by atoms with Gasteiger partial charge >= 0.3 is 17.9 Å². The molecule has 0 fully saturated rings. The standard InChI is InChI=1S/C21H20O6/c1-26-20(24)17-15(12-8-4-3-5-9-12)13-10-6-7-11-14(13)16(19(22)23)18(17)21(25)27-2/h3-11,15-18H,1-2H3,(H,22,23)/t15-,16-,17-,18+/m1/s1. The smallest absolute Gasteiger partial charge is 0.311 e. The lowest BCUT2D eigenvalue weighted by Gasteiger charge is -2.40. The number of carbonyl (C=O) groups excluding carboxylic acids is 2. The van der Waals surface area contributed by atoms with Crippen LogP contribution in [0.25, 0.3) is 0 Å². The Morgan fingerprint density at radius 1 is 0.778 bits per heavy atom. The van der Waals surface area contributed by atoms with Gasteiger partial charge in [-0.3, -0.25) is 14.4 Å². The molecule has 140 valence electrons. The number of carboxylic acids is 1. The number of aliphatic carboxylic acids is 1. The zero-order valence-corrected chi connectivity index (χ0v) is 15.0. The highest BCUT2D eigenvalue weighted by atomic mass is 16.5. The Morgan fingerprint density at radius 2 is 1.30 bits per heavy atom. The summed E-state index contributed by atoms with van der Waals surface area (Å²) in [6.45, 7) is 0. The van der Waals surface area contributed by atoms with Crippen LogP contribution in [0.2, 0.25) is 0 Å². The molecule has 6 nitrogen and oxygen atoms in total. The van der Waals surface area contributed by atoms with E-state index in [4.69, 9.17) is 9.47 Å².